The highest BCUT2D eigenvalue weighted by Crippen LogP contribution is 2.40. The molecular formula is C44H56N4O8. The van der Waals surface area contributed by atoms with E-state index in [1.807, 2.05) is 36.4 Å². The van der Waals surface area contributed by atoms with Gasteiger partial charge in [0.1, 0.15) is 23.0 Å². The number of para-hydroxylation sites is 4. The summed E-state index contributed by atoms with van der Waals surface area (Å²) in [5, 5.41) is 0. The molecule has 0 unspecified atom stereocenters. The van der Waals surface area contributed by atoms with Crippen LogP contribution < -0.4 is 43.0 Å². The lowest BCUT2D eigenvalue weighted by atomic mass is 10.0. The van der Waals surface area contributed by atoms with Gasteiger partial charge in [0.25, 0.3) is 0 Å². The minimum Gasteiger partial charge on any atom is -0.495 e. The van der Waals surface area contributed by atoms with E-state index in [4.69, 9.17) is 33.2 Å². The topological polar surface area (TPSA) is 94.6 Å². The van der Waals surface area contributed by atoms with Gasteiger partial charge in [0.15, 0.2) is 17.3 Å². The van der Waals surface area contributed by atoms with E-state index in [1.54, 1.807) is 32.4 Å². The van der Waals surface area contributed by atoms with E-state index >= 15 is 0 Å². The molecule has 2 aliphatic rings. The van der Waals surface area contributed by atoms with E-state index in [0.717, 1.165) is 101 Å². The van der Waals surface area contributed by atoms with E-state index in [9.17, 15) is 4.79 Å². The third-order valence-corrected chi connectivity index (χ3v) is 10.5. The van der Waals surface area contributed by atoms with Gasteiger partial charge in [0.05, 0.1) is 65.7 Å². The van der Waals surface area contributed by atoms with Crippen molar-refractivity contribution in [2.45, 2.75) is 12.8 Å². The lowest BCUT2D eigenvalue weighted by Crippen LogP contribution is -2.46. The number of nitrogens with zero attached hydrogens (tertiary/aromatic N) is 4. The van der Waals surface area contributed by atoms with Gasteiger partial charge >= 0.3 is 0 Å². The number of anilines is 2. The fraction of sp³-hybridized carbons (Fsp3) is 0.432. The Kier molecular flexibility index (Phi) is 14.4. The summed E-state index contributed by atoms with van der Waals surface area (Å²) >= 11 is 0. The molecular weight excluding hydrogens is 713 g/mol. The van der Waals surface area contributed by atoms with E-state index < -0.39 is 0 Å². The number of benzene rings is 4. The standard InChI is InChI=1S/C44H56N4O8/c1-50-39-14-8-6-12-36(39)47-24-20-45(21-25-47)18-10-28-55-34-16-17-38(35(32-34)43(49)33-30-41(52-3)44(54-5)42(31-33)53-4)56-29-11-19-46-22-26-48(27-23-46)37-13-7-9-15-40(37)51-2/h6-9,12-17,30-32H,10-11,18-29H2,1-5H3. The number of ether oxygens (including phenoxy) is 7. The number of rotatable bonds is 19. The van der Waals surface area contributed by atoms with Crippen molar-refractivity contribution in [3.05, 3.63) is 90.0 Å². The SMILES string of the molecule is COc1ccccc1N1CCN(CCCOc2ccc(OCCCN3CCN(c4ccccc4OC)CC3)c(C(=O)c3cc(OC)c(OC)c(OC)c3)c2)CC1. The first-order chi connectivity index (χ1) is 27.5. The number of methoxy groups -OCH3 is 5. The van der Waals surface area contributed by atoms with Crippen LogP contribution in [-0.4, -0.2) is 130 Å². The molecule has 2 saturated heterocycles. The molecule has 0 spiro atoms. The van der Waals surface area contributed by atoms with Crippen molar-refractivity contribution < 1.29 is 38.0 Å². The smallest absolute Gasteiger partial charge is 0.203 e. The Labute approximate surface area is 331 Å². The minimum absolute atomic E-state index is 0.231. The number of carbonyl (C=O) groups is 1. The molecule has 0 aliphatic carbocycles. The zero-order valence-corrected chi connectivity index (χ0v) is 33.5. The molecule has 4 aromatic rings. The van der Waals surface area contributed by atoms with Crippen LogP contribution in [0.4, 0.5) is 11.4 Å². The second-order valence-corrected chi connectivity index (χ2v) is 13.8. The van der Waals surface area contributed by atoms with Crippen molar-refractivity contribution in [2.75, 3.05) is 124 Å². The molecule has 300 valence electrons. The maximum atomic E-state index is 14.2. The maximum Gasteiger partial charge on any atom is 0.203 e. The molecule has 0 atom stereocenters. The zero-order valence-electron chi connectivity index (χ0n) is 33.5. The first-order valence-electron chi connectivity index (χ1n) is 19.4. The van der Waals surface area contributed by atoms with Gasteiger partial charge in [-0.15, -0.1) is 0 Å². The van der Waals surface area contributed by atoms with Crippen LogP contribution in [0.15, 0.2) is 78.9 Å². The van der Waals surface area contributed by atoms with Crippen molar-refractivity contribution in [1.29, 1.82) is 0 Å². The quantitative estimate of drug-likeness (QED) is 0.0811. The lowest BCUT2D eigenvalue weighted by Gasteiger charge is -2.36. The summed E-state index contributed by atoms with van der Waals surface area (Å²) in [4.78, 5) is 23.9. The molecule has 0 amide bonds. The Morgan fingerprint density at radius 1 is 0.518 bits per heavy atom. The maximum absolute atomic E-state index is 14.2. The van der Waals surface area contributed by atoms with Crippen LogP contribution in [0.5, 0.6) is 40.2 Å². The van der Waals surface area contributed by atoms with E-state index in [1.165, 1.54) is 21.3 Å². The minimum atomic E-state index is -0.231. The van der Waals surface area contributed by atoms with Gasteiger partial charge in [0.2, 0.25) is 5.75 Å². The first kappa shape index (κ1) is 40.3. The number of hydrogen-bond acceptors (Lipinski definition) is 12. The zero-order chi connectivity index (χ0) is 39.3. The van der Waals surface area contributed by atoms with Gasteiger partial charge in [-0.1, -0.05) is 24.3 Å². The molecule has 2 aliphatic heterocycles. The molecule has 2 heterocycles. The third kappa shape index (κ3) is 9.90. The molecule has 0 saturated carbocycles. The summed E-state index contributed by atoms with van der Waals surface area (Å²) in [6.45, 7) is 10.4. The van der Waals surface area contributed by atoms with Gasteiger partial charge in [-0.25, -0.2) is 0 Å². The van der Waals surface area contributed by atoms with Gasteiger partial charge < -0.3 is 43.0 Å². The molecule has 4 aromatic carbocycles. The fourth-order valence-corrected chi connectivity index (χ4v) is 7.43. The normalized spacial score (nSPS) is 14.9. The van der Waals surface area contributed by atoms with Gasteiger partial charge in [-0.05, 0) is 67.4 Å². The van der Waals surface area contributed by atoms with Crippen LogP contribution in [0.2, 0.25) is 0 Å². The monoisotopic (exact) mass is 768 g/mol. The molecule has 2 fully saturated rings. The predicted molar refractivity (Wildman–Crippen MR) is 219 cm³/mol. The third-order valence-electron chi connectivity index (χ3n) is 10.5. The van der Waals surface area contributed by atoms with Crippen LogP contribution >= 0.6 is 0 Å². The largest absolute Gasteiger partial charge is 0.495 e. The molecule has 56 heavy (non-hydrogen) atoms. The summed E-state index contributed by atoms with van der Waals surface area (Å²) < 4.78 is 40.3. The summed E-state index contributed by atoms with van der Waals surface area (Å²) in [5.74, 6) is 3.92. The highest BCUT2D eigenvalue weighted by molar-refractivity contribution is 6.11. The van der Waals surface area contributed by atoms with E-state index in [-0.39, 0.29) is 5.78 Å². The number of hydrogen-bond donors (Lipinski definition) is 0. The van der Waals surface area contributed by atoms with Gasteiger partial charge in [0, 0.05) is 71.0 Å². The molecule has 12 heteroatoms. The lowest BCUT2D eigenvalue weighted by molar-refractivity contribution is 0.103. The molecule has 0 aromatic heterocycles. The Hall–Kier alpha value is -5.33. The molecule has 0 bridgehead atoms. The summed E-state index contributed by atoms with van der Waals surface area (Å²) in [6, 6.07) is 25.2. The second-order valence-electron chi connectivity index (χ2n) is 13.8. The van der Waals surface area contributed by atoms with Crippen molar-refractivity contribution in [3.8, 4) is 40.2 Å². The summed E-state index contributed by atoms with van der Waals surface area (Å²) in [6.07, 6.45) is 1.67. The predicted octanol–water partition coefficient (Wildman–Crippen LogP) is 6.14. The molecule has 6 rings (SSSR count). The van der Waals surface area contributed by atoms with Crippen LogP contribution in [0, 0.1) is 0 Å². The molecule has 0 radical (unpaired) electrons. The van der Waals surface area contributed by atoms with Crippen LogP contribution in [0.3, 0.4) is 0 Å². The first-order valence-corrected chi connectivity index (χ1v) is 19.4. The number of piperazine rings is 2. The van der Waals surface area contributed by atoms with Crippen molar-refractivity contribution in [2.24, 2.45) is 0 Å². The Bertz CT molecular complexity index is 1850. The van der Waals surface area contributed by atoms with Crippen molar-refractivity contribution in [1.82, 2.24) is 9.80 Å². The number of carbonyl (C=O) groups excluding carboxylic acids is 1. The average Bonchev–Trinajstić information content (AvgIpc) is 3.26. The fourth-order valence-electron chi connectivity index (χ4n) is 7.43. The van der Waals surface area contributed by atoms with Crippen LogP contribution in [-0.2, 0) is 0 Å². The summed E-state index contributed by atoms with van der Waals surface area (Å²) in [7, 11) is 8.05. The molecule has 12 nitrogen and oxygen atoms in total. The number of ketones is 1. The molecule has 0 N–H and O–H groups in total. The second kappa shape index (κ2) is 20.0. The van der Waals surface area contributed by atoms with Crippen LogP contribution in [0.1, 0.15) is 28.8 Å². The highest BCUT2D eigenvalue weighted by atomic mass is 16.5. The van der Waals surface area contributed by atoms with Crippen molar-refractivity contribution >= 4 is 17.2 Å². The highest BCUT2D eigenvalue weighted by Gasteiger charge is 2.24. The van der Waals surface area contributed by atoms with Crippen LogP contribution in [0.25, 0.3) is 0 Å². The van der Waals surface area contributed by atoms with E-state index in [2.05, 4.69) is 43.9 Å². The average molecular weight is 769 g/mol. The Balaban J connectivity index is 1.05. The summed E-state index contributed by atoms with van der Waals surface area (Å²) in [5.41, 5.74) is 3.08. The van der Waals surface area contributed by atoms with E-state index in [0.29, 0.717) is 53.1 Å². The van der Waals surface area contributed by atoms with Crippen molar-refractivity contribution in [3.63, 3.8) is 0 Å². The van der Waals surface area contributed by atoms with Gasteiger partial charge in [-0.2, -0.15) is 0 Å². The van der Waals surface area contributed by atoms with Gasteiger partial charge in [-0.3, -0.25) is 14.6 Å². The Morgan fingerprint density at radius 2 is 1.00 bits per heavy atom. The Morgan fingerprint density at radius 3 is 1.48 bits per heavy atom.